The summed E-state index contributed by atoms with van der Waals surface area (Å²) in [5.41, 5.74) is 0.998. The van der Waals surface area contributed by atoms with Gasteiger partial charge in [0, 0.05) is 17.7 Å². The number of fused-ring (bicyclic) bond motifs is 1. The zero-order valence-electron chi connectivity index (χ0n) is 13.8. The Morgan fingerprint density at radius 1 is 1.22 bits per heavy atom. The van der Waals surface area contributed by atoms with Crippen molar-refractivity contribution in [2.24, 2.45) is 0 Å². The zero-order valence-corrected chi connectivity index (χ0v) is 13.8. The second kappa shape index (κ2) is 6.69. The van der Waals surface area contributed by atoms with Crippen molar-refractivity contribution in [3.63, 3.8) is 0 Å². The number of rotatable bonds is 3. The average molecular weight is 315 g/mol. The molecule has 0 aliphatic rings. The van der Waals surface area contributed by atoms with Crippen LogP contribution in [0.4, 0.5) is 4.79 Å². The molecule has 0 atom stereocenters. The Labute approximate surface area is 135 Å². The molecule has 1 heterocycles. The maximum Gasteiger partial charge on any atom is 0.418 e. The van der Waals surface area contributed by atoms with Gasteiger partial charge in [-0.25, -0.2) is 9.59 Å². The molecule has 0 N–H and O–H groups in total. The number of benzene rings is 1. The second-order valence-electron chi connectivity index (χ2n) is 6.03. The minimum absolute atomic E-state index is 0.336. The lowest BCUT2D eigenvalue weighted by atomic mass is 10.1. The monoisotopic (exact) mass is 315 g/mol. The van der Waals surface area contributed by atoms with Crippen LogP contribution < -0.4 is 0 Å². The first-order valence-corrected chi connectivity index (χ1v) is 7.50. The molecule has 2 rings (SSSR count). The van der Waals surface area contributed by atoms with Gasteiger partial charge in [-0.2, -0.15) is 0 Å². The molecule has 0 aliphatic carbocycles. The summed E-state index contributed by atoms with van der Waals surface area (Å²) in [5, 5.41) is 0.860. The Kier molecular flexibility index (Phi) is 4.89. The van der Waals surface area contributed by atoms with E-state index in [2.05, 4.69) is 0 Å². The molecule has 5 nitrogen and oxygen atoms in total. The van der Waals surface area contributed by atoms with E-state index in [1.807, 2.05) is 45.0 Å². The van der Waals surface area contributed by atoms with E-state index in [9.17, 15) is 9.59 Å². The van der Waals surface area contributed by atoms with Gasteiger partial charge in [-0.1, -0.05) is 12.1 Å². The minimum atomic E-state index is -0.560. The first kappa shape index (κ1) is 16.8. The molecule has 0 spiro atoms. The van der Waals surface area contributed by atoms with E-state index < -0.39 is 17.7 Å². The molecular formula is C18H21NO4. The first-order chi connectivity index (χ1) is 10.8. The lowest BCUT2D eigenvalue weighted by molar-refractivity contribution is -0.137. The maximum atomic E-state index is 12.2. The Morgan fingerprint density at radius 2 is 1.96 bits per heavy atom. The van der Waals surface area contributed by atoms with Crippen LogP contribution in [0.15, 0.2) is 36.5 Å². The highest BCUT2D eigenvalue weighted by Crippen LogP contribution is 2.22. The normalized spacial score (nSPS) is 11.8. The third kappa shape index (κ3) is 4.22. The molecule has 0 fully saturated rings. The highest BCUT2D eigenvalue weighted by Gasteiger charge is 2.19. The summed E-state index contributed by atoms with van der Waals surface area (Å²) in [4.78, 5) is 23.7. The number of nitrogens with zero attached hydrogens (tertiary/aromatic N) is 1. The van der Waals surface area contributed by atoms with E-state index in [0.717, 1.165) is 16.5 Å². The van der Waals surface area contributed by atoms with Crippen LogP contribution >= 0.6 is 0 Å². The quantitative estimate of drug-likeness (QED) is 0.634. The SMILES string of the molecule is CCOC(=O)/C=C/c1cccc2c1ccn2C(=O)OC(C)(C)C. The van der Waals surface area contributed by atoms with Gasteiger partial charge in [0.2, 0.25) is 0 Å². The van der Waals surface area contributed by atoms with Crippen molar-refractivity contribution in [3.05, 3.63) is 42.1 Å². The lowest BCUT2D eigenvalue weighted by Crippen LogP contribution is -2.26. The average Bonchev–Trinajstić information content (AvgIpc) is 2.88. The summed E-state index contributed by atoms with van der Waals surface area (Å²) in [7, 11) is 0. The van der Waals surface area contributed by atoms with Gasteiger partial charge in [-0.15, -0.1) is 0 Å². The molecule has 23 heavy (non-hydrogen) atoms. The number of ether oxygens (including phenoxy) is 2. The van der Waals surface area contributed by atoms with E-state index in [1.165, 1.54) is 10.6 Å². The fraction of sp³-hybridized carbons (Fsp3) is 0.333. The summed E-state index contributed by atoms with van der Waals surface area (Å²) in [6.45, 7) is 7.56. The van der Waals surface area contributed by atoms with E-state index in [1.54, 1.807) is 19.2 Å². The van der Waals surface area contributed by atoms with Crippen molar-refractivity contribution in [1.29, 1.82) is 0 Å². The van der Waals surface area contributed by atoms with Crippen LogP contribution in [0, 0.1) is 0 Å². The molecule has 122 valence electrons. The van der Waals surface area contributed by atoms with Crippen LogP contribution in [0.1, 0.15) is 33.3 Å². The summed E-state index contributed by atoms with van der Waals surface area (Å²) in [6.07, 6.45) is 4.29. The fourth-order valence-electron chi connectivity index (χ4n) is 2.16. The van der Waals surface area contributed by atoms with Crippen molar-refractivity contribution < 1.29 is 19.1 Å². The van der Waals surface area contributed by atoms with Gasteiger partial charge in [0.15, 0.2) is 0 Å². The molecule has 0 amide bonds. The minimum Gasteiger partial charge on any atom is -0.463 e. The summed E-state index contributed by atoms with van der Waals surface area (Å²) in [6, 6.07) is 7.36. The summed E-state index contributed by atoms with van der Waals surface area (Å²) >= 11 is 0. The van der Waals surface area contributed by atoms with Crippen LogP contribution in [-0.4, -0.2) is 28.8 Å². The Balaban J connectivity index is 2.34. The van der Waals surface area contributed by atoms with Crippen LogP contribution in [0.5, 0.6) is 0 Å². The van der Waals surface area contributed by atoms with Crippen LogP contribution in [0.2, 0.25) is 0 Å². The van der Waals surface area contributed by atoms with Gasteiger partial charge in [0.05, 0.1) is 12.1 Å². The molecule has 0 bridgehead atoms. The molecule has 0 radical (unpaired) electrons. The highest BCUT2D eigenvalue weighted by molar-refractivity contribution is 5.97. The molecule has 0 saturated heterocycles. The van der Waals surface area contributed by atoms with Gasteiger partial charge >= 0.3 is 12.1 Å². The molecule has 0 aliphatic heterocycles. The molecule has 5 heteroatoms. The lowest BCUT2D eigenvalue weighted by Gasteiger charge is -2.19. The number of esters is 1. The number of aromatic nitrogens is 1. The van der Waals surface area contributed by atoms with Crippen molar-refractivity contribution in [2.45, 2.75) is 33.3 Å². The number of hydrogen-bond donors (Lipinski definition) is 0. The van der Waals surface area contributed by atoms with E-state index in [0.29, 0.717) is 6.61 Å². The fourth-order valence-corrected chi connectivity index (χ4v) is 2.16. The van der Waals surface area contributed by atoms with Crippen molar-refractivity contribution in [3.8, 4) is 0 Å². The number of carbonyl (C=O) groups excluding carboxylic acids is 2. The topological polar surface area (TPSA) is 57.5 Å². The molecule has 0 unspecified atom stereocenters. The third-order valence-corrected chi connectivity index (χ3v) is 3.04. The van der Waals surface area contributed by atoms with E-state index in [-0.39, 0.29) is 0 Å². The van der Waals surface area contributed by atoms with Gasteiger partial charge in [0.1, 0.15) is 5.60 Å². The first-order valence-electron chi connectivity index (χ1n) is 7.50. The number of carbonyl (C=O) groups is 2. The van der Waals surface area contributed by atoms with Crippen molar-refractivity contribution in [1.82, 2.24) is 4.57 Å². The smallest absolute Gasteiger partial charge is 0.418 e. The van der Waals surface area contributed by atoms with Gasteiger partial charge in [-0.3, -0.25) is 4.57 Å². The molecule has 2 aromatic rings. The van der Waals surface area contributed by atoms with Crippen molar-refractivity contribution in [2.75, 3.05) is 6.61 Å². The maximum absolute atomic E-state index is 12.2. The molecular weight excluding hydrogens is 294 g/mol. The van der Waals surface area contributed by atoms with E-state index >= 15 is 0 Å². The Hall–Kier alpha value is -2.56. The standard InChI is InChI=1S/C18H21NO4/c1-5-22-16(20)10-9-13-7-6-8-15-14(13)11-12-19(15)17(21)23-18(2,3)4/h6-12H,5H2,1-4H3/b10-9+. The largest absolute Gasteiger partial charge is 0.463 e. The zero-order chi connectivity index (χ0) is 17.0. The van der Waals surface area contributed by atoms with Crippen molar-refractivity contribution >= 4 is 29.0 Å². The van der Waals surface area contributed by atoms with Crippen LogP contribution in [0.25, 0.3) is 17.0 Å². The molecule has 1 aromatic carbocycles. The third-order valence-electron chi connectivity index (χ3n) is 3.04. The van der Waals surface area contributed by atoms with Gasteiger partial charge in [-0.05, 0) is 51.5 Å². The van der Waals surface area contributed by atoms with Gasteiger partial charge in [0.25, 0.3) is 0 Å². The summed E-state index contributed by atoms with van der Waals surface area (Å²) < 4.78 is 11.7. The Bertz CT molecular complexity index is 750. The predicted octanol–water partition coefficient (Wildman–Crippen LogP) is 4.00. The Morgan fingerprint density at radius 3 is 2.61 bits per heavy atom. The highest BCUT2D eigenvalue weighted by atomic mass is 16.6. The summed E-state index contributed by atoms with van der Waals surface area (Å²) in [5.74, 6) is -0.393. The molecule has 1 aromatic heterocycles. The van der Waals surface area contributed by atoms with Crippen LogP contribution in [-0.2, 0) is 14.3 Å². The predicted molar refractivity (Wildman–Crippen MR) is 89.2 cm³/mol. The second-order valence-corrected chi connectivity index (χ2v) is 6.03. The van der Waals surface area contributed by atoms with Gasteiger partial charge < -0.3 is 9.47 Å². The number of hydrogen-bond acceptors (Lipinski definition) is 4. The molecule has 0 saturated carbocycles. The van der Waals surface area contributed by atoms with Crippen LogP contribution in [0.3, 0.4) is 0 Å². The van der Waals surface area contributed by atoms with E-state index in [4.69, 9.17) is 9.47 Å².